The van der Waals surface area contributed by atoms with Crippen LogP contribution in [-0.2, 0) is 9.59 Å². The molecule has 0 fully saturated rings. The Labute approximate surface area is 133 Å². The Kier molecular flexibility index (Phi) is 17.1. The maximum Gasteiger partial charge on any atom is 0.303 e. The molecule has 0 amide bonds. The van der Waals surface area contributed by atoms with E-state index in [0.29, 0.717) is 12.8 Å². The molecule has 0 aromatic heterocycles. The lowest BCUT2D eigenvalue weighted by Crippen LogP contribution is -2.08. The summed E-state index contributed by atoms with van der Waals surface area (Å²) >= 11 is 0. The van der Waals surface area contributed by atoms with Crippen LogP contribution in [0.5, 0.6) is 0 Å². The van der Waals surface area contributed by atoms with E-state index in [0.717, 1.165) is 38.5 Å². The van der Waals surface area contributed by atoms with Crippen molar-refractivity contribution < 1.29 is 30.0 Å². The molecular formula is C16H32O6. The van der Waals surface area contributed by atoms with E-state index in [1.54, 1.807) is 0 Å². The van der Waals surface area contributed by atoms with Crippen LogP contribution in [-0.4, -0.2) is 44.6 Å². The predicted octanol–water partition coefficient (Wildman–Crippen LogP) is 2.80. The van der Waals surface area contributed by atoms with Crippen molar-refractivity contribution in [2.45, 2.75) is 90.3 Å². The predicted molar refractivity (Wildman–Crippen MR) is 84.8 cm³/mol. The summed E-state index contributed by atoms with van der Waals surface area (Å²) in [6.45, 7) is 4.09. The summed E-state index contributed by atoms with van der Waals surface area (Å²) in [6, 6.07) is 0. The molecule has 0 radical (unpaired) electrons. The number of rotatable bonds is 12. The second-order valence-corrected chi connectivity index (χ2v) is 5.46. The standard InChI is InChI=1S/2C8H16O3/c2*1-2-3-4-7(9)5-6-8(10)11/h2*7,9H,2-6H2,1H3,(H,10,11). The summed E-state index contributed by atoms with van der Waals surface area (Å²) in [6.07, 6.45) is 5.56. The maximum atomic E-state index is 10.1. The number of aliphatic carboxylic acids is 2. The Hall–Kier alpha value is -1.14. The van der Waals surface area contributed by atoms with Crippen molar-refractivity contribution in [1.82, 2.24) is 0 Å². The normalized spacial score (nSPS) is 12.9. The quantitative estimate of drug-likeness (QED) is 0.439. The van der Waals surface area contributed by atoms with Crippen LogP contribution in [0.2, 0.25) is 0 Å². The summed E-state index contributed by atoms with van der Waals surface area (Å²) in [5.74, 6) is -1.67. The van der Waals surface area contributed by atoms with Gasteiger partial charge in [0.2, 0.25) is 0 Å². The number of carbonyl (C=O) groups is 2. The molecule has 2 atom stereocenters. The third-order valence-corrected chi connectivity index (χ3v) is 3.16. The molecule has 0 saturated heterocycles. The number of unbranched alkanes of at least 4 members (excludes halogenated alkanes) is 2. The Morgan fingerprint density at radius 1 is 0.727 bits per heavy atom. The molecule has 0 bridgehead atoms. The van der Waals surface area contributed by atoms with Gasteiger partial charge in [-0.05, 0) is 25.7 Å². The number of carboxylic acid groups (broad SMARTS) is 2. The lowest BCUT2D eigenvalue weighted by molar-refractivity contribution is -0.138. The fourth-order valence-corrected chi connectivity index (χ4v) is 1.75. The lowest BCUT2D eigenvalue weighted by atomic mass is 10.1. The molecule has 0 aliphatic heterocycles. The number of aliphatic hydroxyl groups excluding tert-OH is 2. The molecule has 6 nitrogen and oxygen atoms in total. The molecule has 22 heavy (non-hydrogen) atoms. The molecule has 0 aromatic carbocycles. The zero-order chi connectivity index (χ0) is 17.4. The van der Waals surface area contributed by atoms with Crippen molar-refractivity contribution in [3.05, 3.63) is 0 Å². The van der Waals surface area contributed by atoms with Crippen LogP contribution in [0.3, 0.4) is 0 Å². The molecule has 0 heterocycles. The van der Waals surface area contributed by atoms with Crippen molar-refractivity contribution in [3.8, 4) is 0 Å². The van der Waals surface area contributed by atoms with Gasteiger partial charge < -0.3 is 20.4 Å². The van der Waals surface area contributed by atoms with E-state index in [-0.39, 0.29) is 12.8 Å². The topological polar surface area (TPSA) is 115 Å². The molecule has 4 N–H and O–H groups in total. The Morgan fingerprint density at radius 3 is 1.27 bits per heavy atom. The van der Waals surface area contributed by atoms with Gasteiger partial charge in [0.1, 0.15) is 0 Å². The van der Waals surface area contributed by atoms with Crippen LogP contribution in [0, 0.1) is 0 Å². The summed E-state index contributed by atoms with van der Waals surface area (Å²) < 4.78 is 0. The molecule has 0 rings (SSSR count). The van der Waals surface area contributed by atoms with Gasteiger partial charge in [0.25, 0.3) is 0 Å². The van der Waals surface area contributed by atoms with E-state index < -0.39 is 24.1 Å². The van der Waals surface area contributed by atoms with Crippen molar-refractivity contribution in [2.24, 2.45) is 0 Å². The second kappa shape index (κ2) is 16.2. The average molecular weight is 320 g/mol. The Bertz CT molecular complexity index is 252. The fraction of sp³-hybridized carbons (Fsp3) is 0.875. The van der Waals surface area contributed by atoms with E-state index in [4.69, 9.17) is 20.4 Å². The highest BCUT2D eigenvalue weighted by Crippen LogP contribution is 2.06. The summed E-state index contributed by atoms with van der Waals surface area (Å²) in [5, 5.41) is 34.9. The van der Waals surface area contributed by atoms with Gasteiger partial charge in [-0.3, -0.25) is 9.59 Å². The molecule has 0 aromatic rings. The Balaban J connectivity index is 0. The van der Waals surface area contributed by atoms with Gasteiger partial charge in [-0.15, -0.1) is 0 Å². The molecule has 6 heteroatoms. The third kappa shape index (κ3) is 21.2. The third-order valence-electron chi connectivity index (χ3n) is 3.16. The minimum Gasteiger partial charge on any atom is -0.481 e. The fourth-order valence-electron chi connectivity index (χ4n) is 1.75. The van der Waals surface area contributed by atoms with Gasteiger partial charge in [0.15, 0.2) is 0 Å². The second-order valence-electron chi connectivity index (χ2n) is 5.46. The average Bonchev–Trinajstić information content (AvgIpc) is 2.47. The van der Waals surface area contributed by atoms with Gasteiger partial charge in [-0.25, -0.2) is 0 Å². The van der Waals surface area contributed by atoms with E-state index in [1.165, 1.54) is 0 Å². The zero-order valence-electron chi connectivity index (χ0n) is 13.8. The first-order valence-corrected chi connectivity index (χ1v) is 8.13. The first kappa shape index (κ1) is 23.1. The number of hydrogen-bond donors (Lipinski definition) is 4. The lowest BCUT2D eigenvalue weighted by Gasteiger charge is -2.06. The van der Waals surface area contributed by atoms with Gasteiger partial charge in [-0.1, -0.05) is 39.5 Å². The van der Waals surface area contributed by atoms with E-state index in [2.05, 4.69) is 0 Å². The first-order chi connectivity index (χ1) is 10.3. The number of aliphatic hydroxyl groups is 2. The first-order valence-electron chi connectivity index (χ1n) is 8.13. The largest absolute Gasteiger partial charge is 0.481 e. The molecule has 0 saturated carbocycles. The highest BCUT2D eigenvalue weighted by atomic mass is 16.4. The van der Waals surface area contributed by atoms with Gasteiger partial charge in [0, 0.05) is 12.8 Å². The minimum absolute atomic E-state index is 0.0743. The van der Waals surface area contributed by atoms with Gasteiger partial charge in [0.05, 0.1) is 12.2 Å². The highest BCUT2D eigenvalue weighted by molar-refractivity contribution is 5.66. The van der Waals surface area contributed by atoms with Crippen molar-refractivity contribution >= 4 is 11.9 Å². The zero-order valence-corrected chi connectivity index (χ0v) is 13.8. The van der Waals surface area contributed by atoms with Gasteiger partial charge in [-0.2, -0.15) is 0 Å². The van der Waals surface area contributed by atoms with Crippen molar-refractivity contribution in [2.75, 3.05) is 0 Å². The van der Waals surface area contributed by atoms with Crippen LogP contribution in [0.4, 0.5) is 0 Å². The number of hydrogen-bond acceptors (Lipinski definition) is 4. The minimum atomic E-state index is -0.833. The van der Waals surface area contributed by atoms with Crippen LogP contribution in [0.1, 0.15) is 78.1 Å². The van der Waals surface area contributed by atoms with E-state index >= 15 is 0 Å². The summed E-state index contributed by atoms with van der Waals surface area (Å²) in [5.41, 5.74) is 0. The molecule has 0 aliphatic rings. The SMILES string of the molecule is CCCCC(O)CCC(=O)O.CCCCC(O)CCC(=O)O. The van der Waals surface area contributed by atoms with Crippen molar-refractivity contribution in [1.29, 1.82) is 0 Å². The molecule has 0 aliphatic carbocycles. The van der Waals surface area contributed by atoms with E-state index in [1.807, 2.05) is 13.8 Å². The number of carboxylic acids is 2. The van der Waals surface area contributed by atoms with Crippen LogP contribution in [0.15, 0.2) is 0 Å². The van der Waals surface area contributed by atoms with Crippen LogP contribution >= 0.6 is 0 Å². The monoisotopic (exact) mass is 320 g/mol. The highest BCUT2D eigenvalue weighted by Gasteiger charge is 2.06. The van der Waals surface area contributed by atoms with E-state index in [9.17, 15) is 9.59 Å². The summed E-state index contributed by atoms with van der Waals surface area (Å²) in [4.78, 5) is 20.1. The molecular weight excluding hydrogens is 288 g/mol. The van der Waals surface area contributed by atoms with Crippen LogP contribution in [0.25, 0.3) is 0 Å². The summed E-state index contributed by atoms with van der Waals surface area (Å²) in [7, 11) is 0. The van der Waals surface area contributed by atoms with Crippen LogP contribution < -0.4 is 0 Å². The van der Waals surface area contributed by atoms with Gasteiger partial charge >= 0.3 is 11.9 Å². The van der Waals surface area contributed by atoms with Crippen molar-refractivity contribution in [3.63, 3.8) is 0 Å². The Morgan fingerprint density at radius 2 is 1.05 bits per heavy atom. The maximum absolute atomic E-state index is 10.1. The molecule has 0 spiro atoms. The molecule has 132 valence electrons. The smallest absolute Gasteiger partial charge is 0.303 e. The molecule has 2 unspecified atom stereocenters.